The van der Waals surface area contributed by atoms with Gasteiger partial charge in [-0.15, -0.1) is 0 Å². The number of hydrogen-bond donors (Lipinski definition) is 5. The van der Waals surface area contributed by atoms with Crippen molar-refractivity contribution in [3.8, 4) is 0 Å². The van der Waals surface area contributed by atoms with Crippen molar-refractivity contribution < 1.29 is 33.5 Å². The number of carbonyl (C=O) groups is 1. The van der Waals surface area contributed by atoms with E-state index in [0.29, 0.717) is 6.42 Å². The van der Waals surface area contributed by atoms with Gasteiger partial charge < -0.3 is 26.2 Å². The summed E-state index contributed by atoms with van der Waals surface area (Å²) < 4.78 is 21.9. The molecule has 44 heavy (non-hydrogen) atoms. The first-order valence-corrected chi connectivity index (χ1v) is 19.4. The van der Waals surface area contributed by atoms with Gasteiger partial charge in [0.1, 0.15) is 0 Å². The van der Waals surface area contributed by atoms with E-state index >= 15 is 0 Å². The van der Waals surface area contributed by atoms with Crippen molar-refractivity contribution in [1.82, 2.24) is 5.32 Å². The van der Waals surface area contributed by atoms with Gasteiger partial charge in [0.05, 0.1) is 37.9 Å². The highest BCUT2D eigenvalue weighted by atomic mass is 31.2. The standard InChI is InChI=1S/C34H69N2O7P/c1-3-5-7-9-11-13-15-16-18-20-22-24-26-33(38)32(30-43-44(40,41)42-28-27-35)36-34(39)29-31(37)25-23-21-19-17-14-12-10-8-6-4-2/h24,26,31-33,37-38H,3-23,25,27-30,35H2,1-2H3,(H,36,39)(H,40,41)/b26-24+. The summed E-state index contributed by atoms with van der Waals surface area (Å²) in [5, 5.41) is 23.8. The van der Waals surface area contributed by atoms with Crippen LogP contribution in [-0.4, -0.2) is 59.0 Å². The number of aliphatic hydroxyl groups is 2. The molecule has 0 aliphatic carbocycles. The highest BCUT2D eigenvalue weighted by Gasteiger charge is 2.27. The van der Waals surface area contributed by atoms with E-state index in [0.717, 1.165) is 38.5 Å². The molecule has 4 atom stereocenters. The molecule has 0 aliphatic heterocycles. The monoisotopic (exact) mass is 648 g/mol. The van der Waals surface area contributed by atoms with Crippen molar-refractivity contribution in [2.75, 3.05) is 19.8 Å². The van der Waals surface area contributed by atoms with Crippen LogP contribution in [-0.2, 0) is 18.4 Å². The van der Waals surface area contributed by atoms with Crippen LogP contribution in [0, 0.1) is 0 Å². The largest absolute Gasteiger partial charge is 0.472 e. The van der Waals surface area contributed by atoms with Crippen molar-refractivity contribution in [2.45, 2.75) is 180 Å². The third-order valence-electron chi connectivity index (χ3n) is 7.92. The van der Waals surface area contributed by atoms with E-state index in [-0.39, 0.29) is 19.6 Å². The maximum Gasteiger partial charge on any atom is 0.472 e. The van der Waals surface area contributed by atoms with E-state index < -0.39 is 38.6 Å². The quantitative estimate of drug-likeness (QED) is 0.0274. The number of hydrogen-bond acceptors (Lipinski definition) is 7. The lowest BCUT2D eigenvalue weighted by atomic mass is 10.0. The molecule has 0 rings (SSSR count). The molecule has 4 unspecified atom stereocenters. The van der Waals surface area contributed by atoms with Gasteiger partial charge in [0.15, 0.2) is 0 Å². The Labute approximate surface area is 269 Å². The summed E-state index contributed by atoms with van der Waals surface area (Å²) in [4.78, 5) is 22.6. The Kier molecular flexibility index (Phi) is 30.3. The third kappa shape index (κ3) is 28.7. The summed E-state index contributed by atoms with van der Waals surface area (Å²) in [6, 6.07) is -0.974. The van der Waals surface area contributed by atoms with Crippen LogP contribution in [0.25, 0.3) is 0 Å². The summed E-state index contributed by atoms with van der Waals surface area (Å²) in [7, 11) is -4.38. The van der Waals surface area contributed by atoms with Gasteiger partial charge in [0.2, 0.25) is 5.91 Å². The Morgan fingerprint density at radius 1 is 0.773 bits per heavy atom. The highest BCUT2D eigenvalue weighted by molar-refractivity contribution is 7.47. The minimum Gasteiger partial charge on any atom is -0.393 e. The first kappa shape index (κ1) is 43.2. The van der Waals surface area contributed by atoms with Gasteiger partial charge in [0, 0.05) is 6.54 Å². The number of amides is 1. The highest BCUT2D eigenvalue weighted by Crippen LogP contribution is 2.43. The SMILES string of the molecule is CCCCCCCCCCCC/C=C/C(O)C(COP(=O)(O)OCCN)NC(=O)CC(O)CCCCCCCCCCCC. The molecular weight excluding hydrogens is 579 g/mol. The Hall–Kier alpha value is -0.800. The fourth-order valence-corrected chi connectivity index (χ4v) is 5.93. The molecule has 0 bridgehead atoms. The molecule has 262 valence electrons. The maximum absolute atomic E-state index is 12.7. The second-order valence-corrected chi connectivity index (χ2v) is 13.7. The number of unbranched alkanes of at least 4 members (excludes halogenated alkanes) is 19. The van der Waals surface area contributed by atoms with E-state index in [1.165, 1.54) is 96.3 Å². The number of carbonyl (C=O) groups excluding carboxylic acids is 1. The van der Waals surface area contributed by atoms with Gasteiger partial charge in [0.25, 0.3) is 0 Å². The molecule has 0 aromatic heterocycles. The van der Waals surface area contributed by atoms with Gasteiger partial charge >= 0.3 is 7.82 Å². The van der Waals surface area contributed by atoms with Gasteiger partial charge in [-0.05, 0) is 19.3 Å². The molecule has 9 nitrogen and oxygen atoms in total. The van der Waals surface area contributed by atoms with Crippen LogP contribution in [0.4, 0.5) is 0 Å². The number of phosphoric ester groups is 1. The van der Waals surface area contributed by atoms with E-state index in [1.54, 1.807) is 6.08 Å². The first-order chi connectivity index (χ1) is 21.3. The zero-order valence-corrected chi connectivity index (χ0v) is 29.2. The number of aliphatic hydroxyl groups excluding tert-OH is 2. The Morgan fingerprint density at radius 2 is 1.25 bits per heavy atom. The number of nitrogens with two attached hydrogens (primary N) is 1. The topological polar surface area (TPSA) is 151 Å². The second-order valence-electron chi connectivity index (χ2n) is 12.3. The van der Waals surface area contributed by atoms with E-state index in [9.17, 15) is 24.5 Å². The third-order valence-corrected chi connectivity index (χ3v) is 8.90. The van der Waals surface area contributed by atoms with E-state index in [4.69, 9.17) is 14.8 Å². The van der Waals surface area contributed by atoms with Crippen molar-refractivity contribution in [1.29, 1.82) is 0 Å². The lowest BCUT2D eigenvalue weighted by molar-refractivity contribution is -0.124. The number of phosphoric acid groups is 1. The number of allylic oxidation sites excluding steroid dienone is 1. The number of rotatable bonds is 33. The van der Waals surface area contributed by atoms with Crippen molar-refractivity contribution in [3.63, 3.8) is 0 Å². The summed E-state index contributed by atoms with van der Waals surface area (Å²) in [5.74, 6) is -0.448. The lowest BCUT2D eigenvalue weighted by Crippen LogP contribution is -2.46. The molecule has 0 aromatic rings. The van der Waals surface area contributed by atoms with E-state index in [2.05, 4.69) is 19.2 Å². The van der Waals surface area contributed by atoms with Crippen LogP contribution in [0.2, 0.25) is 0 Å². The fraction of sp³-hybridized carbons (Fsp3) is 0.912. The molecule has 0 heterocycles. The van der Waals surface area contributed by atoms with Gasteiger partial charge in [-0.25, -0.2) is 4.57 Å². The van der Waals surface area contributed by atoms with Crippen molar-refractivity contribution in [2.24, 2.45) is 5.73 Å². The molecular formula is C34H69N2O7P. The summed E-state index contributed by atoms with van der Waals surface area (Å²) >= 11 is 0. The van der Waals surface area contributed by atoms with Gasteiger partial charge in [-0.2, -0.15) is 0 Å². The molecule has 0 saturated carbocycles. The Balaban J connectivity index is 4.50. The average molecular weight is 649 g/mol. The molecule has 10 heteroatoms. The van der Waals surface area contributed by atoms with Gasteiger partial charge in [-0.3, -0.25) is 13.8 Å². The van der Waals surface area contributed by atoms with Crippen LogP contribution >= 0.6 is 7.82 Å². The molecule has 0 saturated heterocycles. The molecule has 0 fully saturated rings. The number of nitrogens with one attached hydrogen (secondary N) is 1. The summed E-state index contributed by atoms with van der Waals surface area (Å²) in [5.41, 5.74) is 5.33. The average Bonchev–Trinajstić information content (AvgIpc) is 2.99. The Morgan fingerprint density at radius 3 is 1.75 bits per heavy atom. The van der Waals surface area contributed by atoms with Crippen LogP contribution in [0.5, 0.6) is 0 Å². The van der Waals surface area contributed by atoms with Crippen LogP contribution in [0.15, 0.2) is 12.2 Å². The smallest absolute Gasteiger partial charge is 0.393 e. The second kappa shape index (κ2) is 30.8. The lowest BCUT2D eigenvalue weighted by Gasteiger charge is -2.24. The minimum absolute atomic E-state index is 0.0509. The molecule has 0 aromatic carbocycles. The van der Waals surface area contributed by atoms with Crippen LogP contribution in [0.1, 0.15) is 162 Å². The molecule has 0 aliphatic rings. The van der Waals surface area contributed by atoms with E-state index in [1.807, 2.05) is 6.08 Å². The first-order valence-electron chi connectivity index (χ1n) is 17.9. The predicted molar refractivity (Wildman–Crippen MR) is 181 cm³/mol. The maximum atomic E-state index is 12.7. The molecule has 1 amide bonds. The van der Waals surface area contributed by atoms with Gasteiger partial charge in [-0.1, -0.05) is 148 Å². The molecule has 0 radical (unpaired) electrons. The minimum atomic E-state index is -4.38. The van der Waals surface area contributed by atoms with Crippen LogP contribution in [0.3, 0.4) is 0 Å². The van der Waals surface area contributed by atoms with Crippen molar-refractivity contribution in [3.05, 3.63) is 12.2 Å². The summed E-state index contributed by atoms with van der Waals surface area (Å²) in [6.07, 6.45) is 27.2. The summed E-state index contributed by atoms with van der Waals surface area (Å²) in [6.45, 7) is 3.93. The zero-order chi connectivity index (χ0) is 32.7. The fourth-order valence-electron chi connectivity index (χ4n) is 5.17. The normalized spacial score (nSPS) is 15.3. The van der Waals surface area contributed by atoms with Crippen molar-refractivity contribution >= 4 is 13.7 Å². The predicted octanol–water partition coefficient (Wildman–Crippen LogP) is 7.85. The molecule has 6 N–H and O–H groups in total. The zero-order valence-electron chi connectivity index (χ0n) is 28.3. The Bertz CT molecular complexity index is 726. The molecule has 0 spiro atoms. The van der Waals surface area contributed by atoms with Crippen LogP contribution < -0.4 is 11.1 Å².